The molecule has 174 valence electrons. The van der Waals surface area contributed by atoms with Gasteiger partial charge in [0.15, 0.2) is 5.96 Å². The number of allylic oxidation sites excluding steroid dienone is 2. The Balaban J connectivity index is 1.80. The second-order valence-corrected chi connectivity index (χ2v) is 8.47. The lowest BCUT2D eigenvalue weighted by Gasteiger charge is -2.34. The van der Waals surface area contributed by atoms with Crippen LogP contribution in [0.25, 0.3) is 0 Å². The molecular formula is C20H25F6N3O2. The van der Waals surface area contributed by atoms with Crippen LogP contribution in [0.5, 0.6) is 0 Å². The first-order chi connectivity index (χ1) is 14.3. The summed E-state index contributed by atoms with van der Waals surface area (Å²) in [5.74, 6) is -0.479. The predicted octanol–water partition coefficient (Wildman–Crippen LogP) is 4.46. The molecule has 1 heterocycles. The van der Waals surface area contributed by atoms with Gasteiger partial charge in [-0.3, -0.25) is 15.1 Å². The quantitative estimate of drug-likeness (QED) is 0.605. The first-order valence-corrected chi connectivity index (χ1v) is 10.1. The molecule has 2 atom stereocenters. The third-order valence-corrected chi connectivity index (χ3v) is 6.12. The fraction of sp³-hybridized carbons (Fsp3) is 0.700. The van der Waals surface area contributed by atoms with Crippen molar-refractivity contribution in [3.63, 3.8) is 0 Å². The Hall–Kier alpha value is -2.04. The van der Waals surface area contributed by atoms with Gasteiger partial charge in [-0.1, -0.05) is 32.1 Å². The molecule has 5 nitrogen and oxygen atoms in total. The fourth-order valence-electron chi connectivity index (χ4n) is 4.47. The third-order valence-electron chi connectivity index (χ3n) is 6.12. The summed E-state index contributed by atoms with van der Waals surface area (Å²) in [6.07, 6.45) is -6.31. The lowest BCUT2D eigenvalue weighted by Crippen LogP contribution is -2.53. The number of guanidine groups is 1. The average molecular weight is 453 g/mol. The number of nitrogens with one attached hydrogen (secondary N) is 2. The van der Waals surface area contributed by atoms with E-state index in [2.05, 4.69) is 5.32 Å². The largest absolute Gasteiger partial charge is 0.416 e. The molecule has 11 heteroatoms. The second kappa shape index (κ2) is 8.48. The van der Waals surface area contributed by atoms with Gasteiger partial charge in [-0.15, -0.1) is 0 Å². The van der Waals surface area contributed by atoms with Crippen LogP contribution in [0.15, 0.2) is 23.3 Å². The zero-order valence-electron chi connectivity index (χ0n) is 17.0. The van der Waals surface area contributed by atoms with E-state index < -0.39 is 54.1 Å². The third kappa shape index (κ3) is 5.24. The van der Waals surface area contributed by atoms with Crippen LogP contribution in [0, 0.1) is 11.3 Å². The van der Waals surface area contributed by atoms with Gasteiger partial charge in [0.05, 0.1) is 18.3 Å². The fourth-order valence-corrected chi connectivity index (χ4v) is 4.47. The number of alkyl halides is 6. The number of carbonyl (C=O) groups excluding carboxylic acids is 1. The molecule has 31 heavy (non-hydrogen) atoms. The first-order valence-electron chi connectivity index (χ1n) is 10.1. The highest BCUT2D eigenvalue weighted by Gasteiger charge is 2.50. The summed E-state index contributed by atoms with van der Waals surface area (Å²) in [6, 6.07) is 0. The Morgan fingerprint density at radius 3 is 2.32 bits per heavy atom. The molecule has 0 aromatic carbocycles. The summed E-state index contributed by atoms with van der Waals surface area (Å²) in [5.41, 5.74) is -4.13. The highest BCUT2D eigenvalue weighted by molar-refractivity contribution is 6.07. The smallest absolute Gasteiger partial charge is 0.371 e. The number of ether oxygens (including phenoxy) is 1. The van der Waals surface area contributed by atoms with Crippen molar-refractivity contribution in [1.82, 2.24) is 10.2 Å². The summed E-state index contributed by atoms with van der Waals surface area (Å²) in [6.45, 7) is -0.424. The Morgan fingerprint density at radius 2 is 1.81 bits per heavy atom. The van der Waals surface area contributed by atoms with Crippen molar-refractivity contribution in [2.75, 3.05) is 13.7 Å². The molecule has 2 aliphatic carbocycles. The van der Waals surface area contributed by atoms with Crippen molar-refractivity contribution < 1.29 is 35.9 Å². The highest BCUT2D eigenvalue weighted by Crippen LogP contribution is 2.40. The van der Waals surface area contributed by atoms with Crippen LogP contribution in [0.4, 0.5) is 26.3 Å². The van der Waals surface area contributed by atoms with E-state index in [9.17, 15) is 31.1 Å². The molecule has 0 aromatic heterocycles. The zero-order chi connectivity index (χ0) is 23.0. The number of rotatable bonds is 5. The maximum Gasteiger partial charge on any atom is 0.416 e. The van der Waals surface area contributed by atoms with Crippen LogP contribution in [-0.2, 0) is 9.53 Å². The molecule has 0 bridgehead atoms. The van der Waals surface area contributed by atoms with Crippen molar-refractivity contribution in [2.24, 2.45) is 5.92 Å². The van der Waals surface area contributed by atoms with E-state index in [-0.39, 0.29) is 18.0 Å². The molecule has 0 aromatic rings. The van der Waals surface area contributed by atoms with Crippen LogP contribution in [0.2, 0.25) is 0 Å². The predicted molar refractivity (Wildman–Crippen MR) is 100 cm³/mol. The lowest BCUT2D eigenvalue weighted by molar-refractivity contribution is -0.134. The molecule has 2 fully saturated rings. The Kier molecular flexibility index (Phi) is 6.46. The molecule has 1 aliphatic heterocycles. The number of halogens is 6. The molecule has 0 radical (unpaired) electrons. The van der Waals surface area contributed by atoms with Crippen molar-refractivity contribution in [3.8, 4) is 0 Å². The number of hydrogen-bond acceptors (Lipinski definition) is 3. The van der Waals surface area contributed by atoms with Crippen LogP contribution in [0.3, 0.4) is 0 Å². The van der Waals surface area contributed by atoms with Gasteiger partial charge in [-0.2, -0.15) is 26.3 Å². The first kappa shape index (κ1) is 23.6. The molecule has 1 saturated heterocycles. The van der Waals surface area contributed by atoms with Crippen LogP contribution in [-0.4, -0.2) is 54.4 Å². The molecule has 3 aliphatic rings. The van der Waals surface area contributed by atoms with Gasteiger partial charge in [0.2, 0.25) is 0 Å². The summed E-state index contributed by atoms with van der Waals surface area (Å²) in [7, 11) is 1.40. The van der Waals surface area contributed by atoms with E-state index in [1.165, 1.54) is 7.05 Å². The number of nitrogens with zero attached hydrogens (tertiary/aromatic N) is 1. The second-order valence-electron chi connectivity index (χ2n) is 8.47. The van der Waals surface area contributed by atoms with Crippen LogP contribution < -0.4 is 5.32 Å². The molecule has 1 saturated carbocycles. The molecular weight excluding hydrogens is 428 g/mol. The molecule has 1 amide bonds. The zero-order valence-corrected chi connectivity index (χ0v) is 17.0. The molecule has 2 N–H and O–H groups in total. The van der Waals surface area contributed by atoms with Crippen LogP contribution >= 0.6 is 0 Å². The van der Waals surface area contributed by atoms with Gasteiger partial charge in [0, 0.05) is 19.0 Å². The van der Waals surface area contributed by atoms with Gasteiger partial charge in [0.1, 0.15) is 5.54 Å². The normalized spacial score (nSPS) is 28.5. The van der Waals surface area contributed by atoms with Gasteiger partial charge in [0.25, 0.3) is 5.91 Å². The van der Waals surface area contributed by atoms with Gasteiger partial charge < -0.3 is 10.1 Å². The minimum Gasteiger partial charge on any atom is -0.371 e. The molecule has 2 unspecified atom stereocenters. The number of likely N-dealkylation sites (N-methyl/N-ethyl adjacent to an activating group) is 1. The Labute approximate surface area is 176 Å². The molecule has 3 rings (SSSR count). The minimum absolute atomic E-state index is 0.0973. The Bertz CT molecular complexity index is 783. The lowest BCUT2D eigenvalue weighted by atomic mass is 9.79. The molecule has 0 spiro atoms. The van der Waals surface area contributed by atoms with E-state index in [1.807, 2.05) is 0 Å². The number of carbonyl (C=O) groups is 1. The summed E-state index contributed by atoms with van der Waals surface area (Å²) in [5, 5.41) is 10.7. The van der Waals surface area contributed by atoms with Gasteiger partial charge >= 0.3 is 12.4 Å². The van der Waals surface area contributed by atoms with E-state index in [0.717, 1.165) is 37.0 Å². The summed E-state index contributed by atoms with van der Waals surface area (Å²) in [4.78, 5) is 14.0. The van der Waals surface area contributed by atoms with E-state index in [0.29, 0.717) is 12.5 Å². The van der Waals surface area contributed by atoms with Gasteiger partial charge in [-0.25, -0.2) is 0 Å². The van der Waals surface area contributed by atoms with Crippen molar-refractivity contribution in [3.05, 3.63) is 23.3 Å². The highest BCUT2D eigenvalue weighted by atomic mass is 19.4. The van der Waals surface area contributed by atoms with E-state index in [1.54, 1.807) is 0 Å². The number of amides is 1. The standard InChI is InChI=1S/C20H25F6N3O2/c1-29-16(30)18(28-17(29)27,10-12-5-3-2-4-6-12)11-31-15-8-13(19(21,22)23)7-14(9-15)20(24,25)26/h7-8,12,15H,2-6,9-11H2,1H3,(H2,27,28). The summed E-state index contributed by atoms with van der Waals surface area (Å²) < 4.78 is 84.3. The van der Waals surface area contributed by atoms with E-state index >= 15 is 0 Å². The van der Waals surface area contributed by atoms with Crippen molar-refractivity contribution in [1.29, 1.82) is 5.41 Å². The monoisotopic (exact) mass is 453 g/mol. The minimum atomic E-state index is -4.96. The van der Waals surface area contributed by atoms with Crippen LogP contribution in [0.1, 0.15) is 44.9 Å². The summed E-state index contributed by atoms with van der Waals surface area (Å²) >= 11 is 0. The van der Waals surface area contributed by atoms with Crippen molar-refractivity contribution in [2.45, 2.75) is 68.9 Å². The topological polar surface area (TPSA) is 65.4 Å². The van der Waals surface area contributed by atoms with Crippen molar-refractivity contribution >= 4 is 11.9 Å². The maximum absolute atomic E-state index is 13.1. The van der Waals surface area contributed by atoms with Gasteiger partial charge in [-0.05, 0) is 24.5 Å². The number of hydrogen-bond donors (Lipinski definition) is 2. The maximum atomic E-state index is 13.1. The Morgan fingerprint density at radius 1 is 1.16 bits per heavy atom. The van der Waals surface area contributed by atoms with E-state index in [4.69, 9.17) is 10.1 Å². The average Bonchev–Trinajstić information content (AvgIpc) is 2.89. The SMILES string of the molecule is CN1C(=N)NC(COC2C=C(C(F)(F)F)C=C(C(F)(F)F)C2)(CC2CCCCC2)C1=O.